The normalized spacial score (nSPS) is 25.0. The first-order valence-corrected chi connectivity index (χ1v) is 8.84. The zero-order valence-corrected chi connectivity index (χ0v) is 14.3. The first-order chi connectivity index (χ1) is 11.7. The lowest BCUT2D eigenvalue weighted by Crippen LogP contribution is -2.45. The Morgan fingerprint density at radius 2 is 2.38 bits per heavy atom. The molecular weight excluding hydrogens is 310 g/mol. The molecule has 8 heteroatoms. The van der Waals surface area contributed by atoms with Crippen molar-refractivity contribution in [3.8, 4) is 0 Å². The van der Waals surface area contributed by atoms with Crippen molar-refractivity contribution in [1.29, 1.82) is 0 Å². The average Bonchev–Trinajstić information content (AvgIpc) is 3.25. The Balaban J connectivity index is 1.44. The molecule has 0 saturated carbocycles. The minimum Gasteiger partial charge on any atom is -0.381 e. The Morgan fingerprint density at radius 3 is 3.17 bits per heavy atom. The molecule has 1 amide bonds. The van der Waals surface area contributed by atoms with E-state index in [1.807, 2.05) is 0 Å². The second-order valence-corrected chi connectivity index (χ2v) is 6.52. The molecule has 0 aromatic carbocycles. The van der Waals surface area contributed by atoms with Gasteiger partial charge in [0.1, 0.15) is 11.9 Å². The van der Waals surface area contributed by atoms with Crippen molar-refractivity contribution in [3.05, 3.63) is 11.6 Å². The van der Waals surface area contributed by atoms with Crippen LogP contribution in [0.1, 0.15) is 37.5 Å². The van der Waals surface area contributed by atoms with E-state index in [4.69, 9.17) is 9.47 Å². The number of H-pyrrole nitrogens is 1. The summed E-state index contributed by atoms with van der Waals surface area (Å²) >= 11 is 0. The standard InChI is InChI=1S/C16H27N5O3/c1-2-3-14-18-16(20-19-14)13-9-21(5-7-24-13)10-15(22)17-8-12-4-6-23-11-12/h12-13H,2-11H2,1H3,(H,17,22)(H,18,19,20). The first-order valence-electron chi connectivity index (χ1n) is 8.84. The highest BCUT2D eigenvalue weighted by atomic mass is 16.5. The van der Waals surface area contributed by atoms with Gasteiger partial charge in [-0.25, -0.2) is 4.98 Å². The van der Waals surface area contributed by atoms with E-state index in [1.165, 1.54) is 0 Å². The zero-order chi connectivity index (χ0) is 16.8. The molecule has 2 aliphatic rings. The summed E-state index contributed by atoms with van der Waals surface area (Å²) in [5.41, 5.74) is 0. The summed E-state index contributed by atoms with van der Waals surface area (Å²) in [6.45, 7) is 6.75. The predicted molar refractivity (Wildman–Crippen MR) is 87.4 cm³/mol. The van der Waals surface area contributed by atoms with Crippen LogP contribution >= 0.6 is 0 Å². The van der Waals surface area contributed by atoms with Crippen LogP contribution in [0.2, 0.25) is 0 Å². The number of amides is 1. The van der Waals surface area contributed by atoms with E-state index in [-0.39, 0.29) is 12.0 Å². The van der Waals surface area contributed by atoms with Crippen LogP contribution in [0.5, 0.6) is 0 Å². The smallest absolute Gasteiger partial charge is 0.234 e. The number of nitrogens with zero attached hydrogens (tertiary/aromatic N) is 3. The number of aromatic amines is 1. The quantitative estimate of drug-likeness (QED) is 0.743. The van der Waals surface area contributed by atoms with E-state index in [0.717, 1.165) is 44.8 Å². The van der Waals surface area contributed by atoms with Gasteiger partial charge in [0.25, 0.3) is 0 Å². The van der Waals surface area contributed by atoms with Gasteiger partial charge in [-0.05, 0) is 12.8 Å². The molecule has 2 atom stereocenters. The average molecular weight is 337 g/mol. The van der Waals surface area contributed by atoms with Crippen molar-refractivity contribution in [3.63, 3.8) is 0 Å². The molecule has 134 valence electrons. The number of hydrogen-bond acceptors (Lipinski definition) is 6. The van der Waals surface area contributed by atoms with Gasteiger partial charge in [0, 0.05) is 38.6 Å². The van der Waals surface area contributed by atoms with Crippen LogP contribution in [-0.4, -0.2) is 72.0 Å². The Hall–Kier alpha value is -1.51. The van der Waals surface area contributed by atoms with E-state index in [1.54, 1.807) is 0 Å². The van der Waals surface area contributed by atoms with Gasteiger partial charge in [0.05, 0.1) is 19.8 Å². The van der Waals surface area contributed by atoms with Gasteiger partial charge in [-0.15, -0.1) is 0 Å². The van der Waals surface area contributed by atoms with Gasteiger partial charge < -0.3 is 14.8 Å². The minimum absolute atomic E-state index is 0.0595. The fourth-order valence-electron chi connectivity index (χ4n) is 3.07. The predicted octanol–water partition coefficient (Wildman–Crippen LogP) is 0.283. The molecule has 3 rings (SSSR count). The van der Waals surface area contributed by atoms with Crippen molar-refractivity contribution >= 4 is 5.91 Å². The van der Waals surface area contributed by atoms with Crippen molar-refractivity contribution in [2.24, 2.45) is 5.92 Å². The van der Waals surface area contributed by atoms with Gasteiger partial charge in [-0.2, -0.15) is 5.10 Å². The van der Waals surface area contributed by atoms with E-state index >= 15 is 0 Å². The highest BCUT2D eigenvalue weighted by Crippen LogP contribution is 2.19. The highest BCUT2D eigenvalue weighted by molar-refractivity contribution is 5.78. The topological polar surface area (TPSA) is 92.4 Å². The number of carbonyl (C=O) groups is 1. The van der Waals surface area contributed by atoms with Crippen molar-refractivity contribution in [2.75, 3.05) is 46.0 Å². The lowest BCUT2D eigenvalue weighted by molar-refractivity contribution is -0.124. The number of ether oxygens (including phenoxy) is 2. The fraction of sp³-hybridized carbons (Fsp3) is 0.812. The summed E-state index contributed by atoms with van der Waals surface area (Å²) in [4.78, 5) is 18.7. The van der Waals surface area contributed by atoms with Gasteiger partial charge in [0.2, 0.25) is 5.91 Å². The lowest BCUT2D eigenvalue weighted by Gasteiger charge is -2.31. The van der Waals surface area contributed by atoms with E-state index < -0.39 is 0 Å². The molecule has 8 nitrogen and oxygen atoms in total. The minimum atomic E-state index is -0.170. The van der Waals surface area contributed by atoms with Crippen LogP contribution in [0.4, 0.5) is 0 Å². The van der Waals surface area contributed by atoms with Crippen LogP contribution in [0.25, 0.3) is 0 Å². The summed E-state index contributed by atoms with van der Waals surface area (Å²) in [7, 11) is 0. The molecule has 1 aromatic rings. The molecule has 0 spiro atoms. The Bertz CT molecular complexity index is 530. The summed E-state index contributed by atoms with van der Waals surface area (Å²) < 4.78 is 11.1. The van der Waals surface area contributed by atoms with Gasteiger partial charge >= 0.3 is 0 Å². The molecule has 2 fully saturated rings. The lowest BCUT2D eigenvalue weighted by atomic mass is 10.1. The van der Waals surface area contributed by atoms with E-state index in [0.29, 0.717) is 38.0 Å². The van der Waals surface area contributed by atoms with Gasteiger partial charge in [0.15, 0.2) is 5.82 Å². The fourth-order valence-corrected chi connectivity index (χ4v) is 3.07. The molecule has 2 N–H and O–H groups in total. The molecule has 2 saturated heterocycles. The Labute approximate surface area is 142 Å². The Kier molecular flexibility index (Phi) is 6.17. The Morgan fingerprint density at radius 1 is 1.46 bits per heavy atom. The maximum atomic E-state index is 12.1. The molecule has 3 heterocycles. The molecule has 2 unspecified atom stereocenters. The number of morpholine rings is 1. The molecular formula is C16H27N5O3. The number of aryl methyl sites for hydroxylation is 1. The third-order valence-corrected chi connectivity index (χ3v) is 4.45. The largest absolute Gasteiger partial charge is 0.381 e. The van der Waals surface area contributed by atoms with Gasteiger partial charge in [-0.1, -0.05) is 6.92 Å². The van der Waals surface area contributed by atoms with Crippen LogP contribution in [0.15, 0.2) is 0 Å². The highest BCUT2D eigenvalue weighted by Gasteiger charge is 2.26. The molecule has 0 radical (unpaired) electrons. The summed E-state index contributed by atoms with van der Waals surface area (Å²) in [6.07, 6.45) is 2.77. The second kappa shape index (κ2) is 8.55. The number of hydrogen-bond donors (Lipinski definition) is 2. The first kappa shape index (κ1) is 17.3. The number of rotatable bonds is 7. The molecule has 0 aliphatic carbocycles. The van der Waals surface area contributed by atoms with Crippen LogP contribution in [-0.2, 0) is 20.7 Å². The van der Waals surface area contributed by atoms with E-state index in [2.05, 4.69) is 32.3 Å². The van der Waals surface area contributed by atoms with E-state index in [9.17, 15) is 4.79 Å². The maximum absolute atomic E-state index is 12.1. The summed E-state index contributed by atoms with van der Waals surface area (Å²) in [6, 6.07) is 0. The summed E-state index contributed by atoms with van der Waals surface area (Å²) in [5, 5.41) is 10.2. The van der Waals surface area contributed by atoms with Gasteiger partial charge in [-0.3, -0.25) is 14.8 Å². The molecule has 1 aromatic heterocycles. The van der Waals surface area contributed by atoms with Crippen LogP contribution < -0.4 is 5.32 Å². The molecule has 24 heavy (non-hydrogen) atoms. The van der Waals surface area contributed by atoms with Crippen LogP contribution in [0.3, 0.4) is 0 Å². The maximum Gasteiger partial charge on any atom is 0.234 e. The molecule has 0 bridgehead atoms. The van der Waals surface area contributed by atoms with Crippen molar-refractivity contribution < 1.29 is 14.3 Å². The summed E-state index contributed by atoms with van der Waals surface area (Å²) in [5.74, 6) is 2.09. The number of nitrogens with one attached hydrogen (secondary N) is 2. The number of carbonyl (C=O) groups excluding carboxylic acids is 1. The van der Waals surface area contributed by atoms with Crippen molar-refractivity contribution in [1.82, 2.24) is 25.4 Å². The SMILES string of the molecule is CCCc1nc(C2CN(CC(=O)NCC3CCOC3)CCO2)n[nH]1. The zero-order valence-electron chi connectivity index (χ0n) is 14.3. The third-order valence-electron chi connectivity index (χ3n) is 4.45. The third kappa shape index (κ3) is 4.75. The molecule has 2 aliphatic heterocycles. The second-order valence-electron chi connectivity index (χ2n) is 6.52. The number of aromatic nitrogens is 3. The van der Waals surface area contributed by atoms with Crippen LogP contribution in [0, 0.1) is 5.92 Å². The monoisotopic (exact) mass is 337 g/mol. The van der Waals surface area contributed by atoms with Crippen molar-refractivity contribution in [2.45, 2.75) is 32.3 Å².